The Morgan fingerprint density at radius 1 is 1.04 bits per heavy atom. The highest BCUT2D eigenvalue weighted by Gasteiger charge is 2.13. The van der Waals surface area contributed by atoms with E-state index in [0.717, 1.165) is 0 Å². The van der Waals surface area contributed by atoms with Crippen molar-refractivity contribution in [1.29, 1.82) is 0 Å². The van der Waals surface area contributed by atoms with Crippen LogP contribution in [0.3, 0.4) is 0 Å². The molecule has 0 unspecified atom stereocenters. The van der Waals surface area contributed by atoms with Crippen LogP contribution in [0.4, 0.5) is 11.8 Å². The number of nitrogens with two attached hydrogens (primary N) is 1. The van der Waals surface area contributed by atoms with E-state index in [1.807, 2.05) is 6.07 Å². The third-order valence-electron chi connectivity index (χ3n) is 2.95. The predicted molar refractivity (Wildman–Crippen MR) is 84.4 cm³/mol. The molecule has 0 saturated carbocycles. The van der Waals surface area contributed by atoms with Gasteiger partial charge < -0.3 is 5.73 Å². The molecule has 0 aliphatic carbocycles. The van der Waals surface area contributed by atoms with Crippen LogP contribution in [0.2, 0.25) is 0 Å². The molecule has 3 N–H and O–H groups in total. The number of pyridine rings is 2. The van der Waals surface area contributed by atoms with Crippen molar-refractivity contribution in [3.63, 3.8) is 0 Å². The Kier molecular flexibility index (Phi) is 3.88. The summed E-state index contributed by atoms with van der Waals surface area (Å²) in [7, 11) is 0. The number of nitrogen functional groups attached to an aromatic ring is 1. The standard InChI is InChI=1S/C15H13N7O/c1-9-19-13(11-6-2-3-7-17-11)21-15(20-9)22-14(23)10-5-4-8-18-12(10)16/h2-8H,1H3,(H2,16,18)(H,19,20,21,22,23). The number of amides is 1. The Bertz CT molecular complexity index is 851. The Hall–Kier alpha value is -3.42. The first-order valence-electron chi connectivity index (χ1n) is 6.79. The van der Waals surface area contributed by atoms with Crippen LogP contribution in [0.1, 0.15) is 16.2 Å². The van der Waals surface area contributed by atoms with Crippen molar-refractivity contribution in [2.75, 3.05) is 11.1 Å². The largest absolute Gasteiger partial charge is 0.383 e. The predicted octanol–water partition coefficient (Wildman–Crippen LogP) is 1.47. The lowest BCUT2D eigenvalue weighted by molar-refractivity contribution is 0.102. The lowest BCUT2D eigenvalue weighted by Crippen LogP contribution is -2.17. The molecular formula is C15H13N7O. The van der Waals surface area contributed by atoms with Crippen molar-refractivity contribution in [1.82, 2.24) is 24.9 Å². The molecule has 8 nitrogen and oxygen atoms in total. The maximum absolute atomic E-state index is 12.2. The minimum atomic E-state index is -0.437. The average molecular weight is 307 g/mol. The summed E-state index contributed by atoms with van der Waals surface area (Å²) in [5.41, 5.74) is 6.54. The smallest absolute Gasteiger partial charge is 0.261 e. The number of anilines is 2. The van der Waals surface area contributed by atoms with Crippen LogP contribution < -0.4 is 11.1 Å². The second-order valence-corrected chi connectivity index (χ2v) is 4.64. The van der Waals surface area contributed by atoms with E-state index in [9.17, 15) is 4.79 Å². The number of carbonyl (C=O) groups is 1. The molecule has 0 radical (unpaired) electrons. The summed E-state index contributed by atoms with van der Waals surface area (Å²) in [4.78, 5) is 32.9. The SMILES string of the molecule is Cc1nc(NC(=O)c2cccnc2N)nc(-c2ccccn2)n1. The molecule has 0 aliphatic heterocycles. The number of nitrogens with one attached hydrogen (secondary N) is 1. The number of carbonyl (C=O) groups excluding carboxylic acids is 1. The lowest BCUT2D eigenvalue weighted by Gasteiger charge is -2.07. The van der Waals surface area contributed by atoms with Crippen molar-refractivity contribution in [2.45, 2.75) is 6.92 Å². The lowest BCUT2D eigenvalue weighted by atomic mass is 10.2. The van der Waals surface area contributed by atoms with Gasteiger partial charge in [0.25, 0.3) is 5.91 Å². The maximum Gasteiger partial charge on any atom is 0.261 e. The molecule has 3 aromatic heterocycles. The van der Waals surface area contributed by atoms with E-state index in [2.05, 4.69) is 30.2 Å². The van der Waals surface area contributed by atoms with E-state index in [1.54, 1.807) is 37.4 Å². The Balaban J connectivity index is 1.91. The number of aryl methyl sites for hydroxylation is 1. The molecular weight excluding hydrogens is 294 g/mol. The molecule has 114 valence electrons. The van der Waals surface area contributed by atoms with Crippen molar-refractivity contribution < 1.29 is 4.79 Å². The van der Waals surface area contributed by atoms with Crippen molar-refractivity contribution >= 4 is 17.7 Å². The summed E-state index contributed by atoms with van der Waals surface area (Å²) < 4.78 is 0. The van der Waals surface area contributed by atoms with Crippen LogP contribution in [0, 0.1) is 6.92 Å². The van der Waals surface area contributed by atoms with Crippen LogP contribution in [0.25, 0.3) is 11.5 Å². The molecule has 0 bridgehead atoms. The van der Waals surface area contributed by atoms with E-state index >= 15 is 0 Å². The molecule has 0 fully saturated rings. The molecule has 23 heavy (non-hydrogen) atoms. The third kappa shape index (κ3) is 3.26. The summed E-state index contributed by atoms with van der Waals surface area (Å²) >= 11 is 0. The van der Waals surface area contributed by atoms with Gasteiger partial charge in [-0.3, -0.25) is 15.1 Å². The first-order valence-corrected chi connectivity index (χ1v) is 6.79. The van der Waals surface area contributed by atoms with E-state index < -0.39 is 5.91 Å². The van der Waals surface area contributed by atoms with Crippen LogP contribution in [0.5, 0.6) is 0 Å². The van der Waals surface area contributed by atoms with Gasteiger partial charge in [0.15, 0.2) is 5.82 Å². The normalized spacial score (nSPS) is 10.3. The van der Waals surface area contributed by atoms with Gasteiger partial charge in [-0.1, -0.05) is 6.07 Å². The molecule has 3 rings (SSSR count). The summed E-state index contributed by atoms with van der Waals surface area (Å²) in [6, 6.07) is 8.61. The van der Waals surface area contributed by atoms with Gasteiger partial charge in [0, 0.05) is 12.4 Å². The van der Waals surface area contributed by atoms with E-state index in [4.69, 9.17) is 5.73 Å². The van der Waals surface area contributed by atoms with E-state index in [0.29, 0.717) is 17.3 Å². The monoisotopic (exact) mass is 307 g/mol. The van der Waals surface area contributed by atoms with Gasteiger partial charge in [-0.2, -0.15) is 9.97 Å². The van der Waals surface area contributed by atoms with Gasteiger partial charge in [-0.25, -0.2) is 9.97 Å². The van der Waals surface area contributed by atoms with Crippen LogP contribution in [-0.2, 0) is 0 Å². The van der Waals surface area contributed by atoms with Gasteiger partial charge >= 0.3 is 0 Å². The molecule has 1 amide bonds. The summed E-state index contributed by atoms with van der Waals surface area (Å²) in [6.45, 7) is 1.71. The maximum atomic E-state index is 12.2. The van der Waals surface area contributed by atoms with Crippen molar-refractivity contribution in [3.8, 4) is 11.5 Å². The van der Waals surface area contributed by atoms with Gasteiger partial charge in [0.2, 0.25) is 5.95 Å². The molecule has 0 atom stereocenters. The minimum absolute atomic E-state index is 0.131. The van der Waals surface area contributed by atoms with E-state index in [-0.39, 0.29) is 17.3 Å². The molecule has 3 heterocycles. The summed E-state index contributed by atoms with van der Waals surface area (Å²) in [5.74, 6) is 0.683. The van der Waals surface area contributed by atoms with Gasteiger partial charge in [0.1, 0.15) is 17.3 Å². The number of nitrogens with zero attached hydrogens (tertiary/aromatic N) is 5. The molecule has 8 heteroatoms. The third-order valence-corrected chi connectivity index (χ3v) is 2.95. The average Bonchev–Trinajstić information content (AvgIpc) is 2.55. The van der Waals surface area contributed by atoms with Crippen molar-refractivity contribution in [2.24, 2.45) is 0 Å². The number of hydrogen-bond acceptors (Lipinski definition) is 7. The number of aromatic nitrogens is 5. The van der Waals surface area contributed by atoms with Crippen LogP contribution in [0.15, 0.2) is 42.7 Å². The second kappa shape index (κ2) is 6.14. The number of hydrogen-bond donors (Lipinski definition) is 2. The quantitative estimate of drug-likeness (QED) is 0.751. The highest BCUT2D eigenvalue weighted by molar-refractivity contribution is 6.06. The fourth-order valence-electron chi connectivity index (χ4n) is 1.93. The van der Waals surface area contributed by atoms with E-state index in [1.165, 1.54) is 6.20 Å². The molecule has 0 spiro atoms. The highest BCUT2D eigenvalue weighted by atomic mass is 16.1. The Labute approximate surface area is 131 Å². The fraction of sp³-hybridized carbons (Fsp3) is 0.0667. The van der Waals surface area contributed by atoms with Gasteiger partial charge in [0.05, 0.1) is 5.56 Å². The highest BCUT2D eigenvalue weighted by Crippen LogP contribution is 2.14. The molecule has 0 aromatic carbocycles. The summed E-state index contributed by atoms with van der Waals surface area (Å²) in [5, 5.41) is 2.60. The second-order valence-electron chi connectivity index (χ2n) is 4.64. The zero-order chi connectivity index (χ0) is 16.2. The van der Waals surface area contributed by atoms with Gasteiger partial charge in [-0.05, 0) is 31.2 Å². The Morgan fingerprint density at radius 3 is 2.61 bits per heavy atom. The summed E-state index contributed by atoms with van der Waals surface area (Å²) in [6.07, 6.45) is 3.15. The zero-order valence-corrected chi connectivity index (χ0v) is 12.3. The topological polar surface area (TPSA) is 120 Å². The van der Waals surface area contributed by atoms with Gasteiger partial charge in [-0.15, -0.1) is 0 Å². The minimum Gasteiger partial charge on any atom is -0.383 e. The molecule has 0 aliphatic rings. The first-order chi connectivity index (χ1) is 11.1. The molecule has 3 aromatic rings. The van der Waals surface area contributed by atoms with Crippen LogP contribution >= 0.6 is 0 Å². The van der Waals surface area contributed by atoms with Crippen LogP contribution in [-0.4, -0.2) is 30.8 Å². The molecule has 0 saturated heterocycles. The fourth-order valence-corrected chi connectivity index (χ4v) is 1.93. The van der Waals surface area contributed by atoms with Crippen molar-refractivity contribution in [3.05, 3.63) is 54.1 Å². The Morgan fingerprint density at radius 2 is 1.87 bits per heavy atom. The zero-order valence-electron chi connectivity index (χ0n) is 12.3. The number of rotatable bonds is 3. The first kappa shape index (κ1) is 14.5.